The van der Waals surface area contributed by atoms with E-state index in [0.29, 0.717) is 19.6 Å². The zero-order valence-corrected chi connectivity index (χ0v) is 16.0. The maximum absolute atomic E-state index is 13.1. The molecule has 0 aliphatic carbocycles. The predicted molar refractivity (Wildman–Crippen MR) is 102 cm³/mol. The number of carbonyl (C=O) groups is 1. The number of rotatable bonds is 9. The van der Waals surface area contributed by atoms with E-state index in [1.165, 1.54) is 7.11 Å². The summed E-state index contributed by atoms with van der Waals surface area (Å²) in [7, 11) is 1.42. The van der Waals surface area contributed by atoms with E-state index >= 15 is 0 Å². The molecule has 0 heterocycles. The second kappa shape index (κ2) is 9.51. The van der Waals surface area contributed by atoms with Crippen LogP contribution in [0.15, 0.2) is 54.6 Å². The van der Waals surface area contributed by atoms with Gasteiger partial charge in [-0.25, -0.2) is 0 Å². The first kappa shape index (κ1) is 20.1. The SMILES string of the molecule is CCOC(CC(C(=O)OC)(c1ccccc1)c1ccc(C)cc1)OCC. The van der Waals surface area contributed by atoms with Crippen molar-refractivity contribution in [3.05, 3.63) is 71.3 Å². The molecule has 0 bridgehead atoms. The molecule has 1 unspecified atom stereocenters. The zero-order valence-electron chi connectivity index (χ0n) is 16.0. The Morgan fingerprint density at radius 1 is 0.923 bits per heavy atom. The molecule has 26 heavy (non-hydrogen) atoms. The van der Waals surface area contributed by atoms with Crippen molar-refractivity contribution in [1.82, 2.24) is 0 Å². The van der Waals surface area contributed by atoms with Gasteiger partial charge in [0.1, 0.15) is 5.41 Å². The van der Waals surface area contributed by atoms with Gasteiger partial charge in [0.05, 0.1) is 7.11 Å². The van der Waals surface area contributed by atoms with Crippen LogP contribution in [-0.4, -0.2) is 32.6 Å². The van der Waals surface area contributed by atoms with Gasteiger partial charge >= 0.3 is 5.97 Å². The Hall–Kier alpha value is -2.17. The number of hydrogen-bond acceptors (Lipinski definition) is 4. The van der Waals surface area contributed by atoms with Gasteiger partial charge in [-0.1, -0.05) is 60.2 Å². The van der Waals surface area contributed by atoms with Crippen LogP contribution in [0.25, 0.3) is 0 Å². The smallest absolute Gasteiger partial charge is 0.321 e. The Kier molecular flexibility index (Phi) is 7.37. The third-order valence-electron chi connectivity index (χ3n) is 4.52. The fourth-order valence-electron chi connectivity index (χ4n) is 3.24. The zero-order chi connectivity index (χ0) is 19.0. The highest BCUT2D eigenvalue weighted by molar-refractivity contribution is 5.87. The van der Waals surface area contributed by atoms with Crippen LogP contribution in [0.3, 0.4) is 0 Å². The molecule has 0 saturated carbocycles. The number of hydrogen-bond donors (Lipinski definition) is 0. The van der Waals surface area contributed by atoms with Crippen molar-refractivity contribution in [1.29, 1.82) is 0 Å². The molecule has 2 rings (SSSR count). The van der Waals surface area contributed by atoms with E-state index in [-0.39, 0.29) is 5.97 Å². The van der Waals surface area contributed by atoms with E-state index in [0.717, 1.165) is 16.7 Å². The van der Waals surface area contributed by atoms with E-state index in [4.69, 9.17) is 14.2 Å². The van der Waals surface area contributed by atoms with Crippen LogP contribution in [-0.2, 0) is 24.4 Å². The third-order valence-corrected chi connectivity index (χ3v) is 4.52. The molecule has 0 N–H and O–H groups in total. The molecule has 0 aliphatic rings. The van der Waals surface area contributed by atoms with Gasteiger partial charge in [0.25, 0.3) is 0 Å². The average molecular weight is 356 g/mol. The summed E-state index contributed by atoms with van der Waals surface area (Å²) in [6.45, 7) is 6.87. The normalized spacial score (nSPS) is 13.4. The number of ether oxygens (including phenoxy) is 3. The quantitative estimate of drug-likeness (QED) is 0.498. The highest BCUT2D eigenvalue weighted by Gasteiger charge is 2.45. The molecule has 2 aromatic carbocycles. The highest BCUT2D eigenvalue weighted by Crippen LogP contribution is 2.39. The molecule has 0 aliphatic heterocycles. The van der Waals surface area contributed by atoms with E-state index in [1.807, 2.05) is 75.4 Å². The Morgan fingerprint density at radius 2 is 1.46 bits per heavy atom. The lowest BCUT2D eigenvalue weighted by molar-refractivity contribution is -0.164. The fraction of sp³-hybridized carbons (Fsp3) is 0.409. The number of methoxy groups -OCH3 is 1. The Morgan fingerprint density at radius 3 is 1.96 bits per heavy atom. The van der Waals surface area contributed by atoms with E-state index < -0.39 is 11.7 Å². The minimum absolute atomic E-state index is 0.322. The molecule has 0 radical (unpaired) electrons. The fourth-order valence-corrected chi connectivity index (χ4v) is 3.24. The van der Waals surface area contributed by atoms with Crippen LogP contribution in [0, 0.1) is 6.92 Å². The van der Waals surface area contributed by atoms with Gasteiger partial charge in [-0.3, -0.25) is 4.79 Å². The van der Waals surface area contributed by atoms with Crippen molar-refractivity contribution in [2.45, 2.75) is 38.9 Å². The second-order valence-corrected chi connectivity index (χ2v) is 6.17. The molecular weight excluding hydrogens is 328 g/mol. The van der Waals surface area contributed by atoms with E-state index in [9.17, 15) is 4.79 Å². The molecule has 0 saturated heterocycles. The summed E-state index contributed by atoms with van der Waals surface area (Å²) in [5, 5.41) is 0. The Balaban J connectivity index is 2.63. The van der Waals surface area contributed by atoms with Crippen LogP contribution < -0.4 is 0 Å². The molecule has 2 aromatic rings. The lowest BCUT2D eigenvalue weighted by atomic mass is 9.71. The first-order valence-electron chi connectivity index (χ1n) is 9.02. The van der Waals surface area contributed by atoms with Crippen molar-refractivity contribution in [2.75, 3.05) is 20.3 Å². The summed E-state index contributed by atoms with van der Waals surface area (Å²) in [5.41, 5.74) is 1.86. The largest absolute Gasteiger partial charge is 0.468 e. The van der Waals surface area contributed by atoms with E-state index in [1.54, 1.807) is 0 Å². The molecule has 0 spiro atoms. The van der Waals surface area contributed by atoms with Gasteiger partial charge < -0.3 is 14.2 Å². The molecule has 0 fully saturated rings. The number of aryl methyl sites for hydroxylation is 1. The third kappa shape index (κ3) is 4.32. The molecule has 4 nitrogen and oxygen atoms in total. The van der Waals surface area contributed by atoms with Gasteiger partial charge in [-0.05, 0) is 31.9 Å². The first-order valence-corrected chi connectivity index (χ1v) is 9.02. The van der Waals surface area contributed by atoms with Crippen molar-refractivity contribution in [3.8, 4) is 0 Å². The average Bonchev–Trinajstić information content (AvgIpc) is 2.67. The monoisotopic (exact) mass is 356 g/mol. The van der Waals surface area contributed by atoms with Gasteiger partial charge in [-0.15, -0.1) is 0 Å². The summed E-state index contributed by atoms with van der Waals surface area (Å²) in [4.78, 5) is 13.1. The molecule has 0 aromatic heterocycles. The second-order valence-electron chi connectivity index (χ2n) is 6.17. The summed E-state index contributed by atoms with van der Waals surface area (Å²) in [6, 6.07) is 17.7. The van der Waals surface area contributed by atoms with Crippen LogP contribution >= 0.6 is 0 Å². The van der Waals surface area contributed by atoms with Crippen LogP contribution in [0.1, 0.15) is 37.0 Å². The molecular formula is C22H28O4. The number of benzene rings is 2. The maximum atomic E-state index is 13.1. The minimum Gasteiger partial charge on any atom is -0.468 e. The molecule has 0 amide bonds. The summed E-state index contributed by atoms with van der Waals surface area (Å²) in [6.07, 6.45) is -0.167. The minimum atomic E-state index is -1.00. The summed E-state index contributed by atoms with van der Waals surface area (Å²) < 4.78 is 16.8. The van der Waals surface area contributed by atoms with Gasteiger partial charge in [0, 0.05) is 19.6 Å². The highest BCUT2D eigenvalue weighted by atomic mass is 16.7. The van der Waals surface area contributed by atoms with Crippen LogP contribution in [0.5, 0.6) is 0 Å². The van der Waals surface area contributed by atoms with Gasteiger partial charge in [0.15, 0.2) is 6.29 Å². The van der Waals surface area contributed by atoms with Crippen LogP contribution in [0.2, 0.25) is 0 Å². The standard InChI is InChI=1S/C22H28O4/c1-5-25-20(26-6-2)16-22(21(23)24-4,18-10-8-7-9-11-18)19-14-12-17(3)13-15-19/h7-15,20H,5-6,16H2,1-4H3. The van der Waals surface area contributed by atoms with Gasteiger partial charge in [-0.2, -0.15) is 0 Å². The number of carbonyl (C=O) groups excluding carboxylic acids is 1. The summed E-state index contributed by atoms with van der Waals surface area (Å²) in [5.74, 6) is -0.322. The van der Waals surface area contributed by atoms with Gasteiger partial charge in [0.2, 0.25) is 0 Å². The summed E-state index contributed by atoms with van der Waals surface area (Å²) >= 11 is 0. The topological polar surface area (TPSA) is 44.8 Å². The maximum Gasteiger partial charge on any atom is 0.321 e. The van der Waals surface area contributed by atoms with Crippen LogP contribution in [0.4, 0.5) is 0 Å². The Bertz CT molecular complexity index is 675. The predicted octanol–water partition coefficient (Wildman–Crippen LogP) is 4.24. The Labute approximate surface area is 156 Å². The lowest BCUT2D eigenvalue weighted by Crippen LogP contribution is -2.42. The molecule has 4 heteroatoms. The molecule has 140 valence electrons. The van der Waals surface area contributed by atoms with Crippen molar-refractivity contribution < 1.29 is 19.0 Å². The number of esters is 1. The lowest BCUT2D eigenvalue weighted by Gasteiger charge is -2.35. The van der Waals surface area contributed by atoms with Crippen molar-refractivity contribution >= 4 is 5.97 Å². The van der Waals surface area contributed by atoms with Crippen molar-refractivity contribution in [3.63, 3.8) is 0 Å². The van der Waals surface area contributed by atoms with E-state index in [2.05, 4.69) is 0 Å². The first-order chi connectivity index (χ1) is 12.6. The molecule has 1 atom stereocenters. The van der Waals surface area contributed by atoms with Crippen molar-refractivity contribution in [2.24, 2.45) is 0 Å².